The number of ether oxygens (including phenoxy) is 1. The first-order valence-electron chi connectivity index (χ1n) is 14.1. The molecular formula is C30H31N7O5S2. The van der Waals surface area contributed by atoms with Crippen LogP contribution < -0.4 is 14.4 Å². The van der Waals surface area contributed by atoms with Gasteiger partial charge >= 0.3 is 0 Å². The molecule has 2 aliphatic rings. The molecule has 0 radical (unpaired) electrons. The zero-order chi connectivity index (χ0) is 31.2. The topological polar surface area (TPSA) is 148 Å². The van der Waals surface area contributed by atoms with Gasteiger partial charge in [-0.1, -0.05) is 6.07 Å². The summed E-state index contributed by atoms with van der Waals surface area (Å²) in [7, 11) is -2.49. The average molecular weight is 634 g/mol. The molecule has 1 amide bonds. The van der Waals surface area contributed by atoms with Gasteiger partial charge in [0.2, 0.25) is 11.8 Å². The van der Waals surface area contributed by atoms with Crippen LogP contribution in [0.15, 0.2) is 53.2 Å². The molecule has 3 aromatic heterocycles. The lowest BCUT2D eigenvalue weighted by molar-refractivity contribution is -0.129. The van der Waals surface area contributed by atoms with Crippen LogP contribution in [0, 0.1) is 13.8 Å². The Bertz CT molecular complexity index is 1910. The molecule has 1 N–H and O–H groups in total. The van der Waals surface area contributed by atoms with Crippen molar-refractivity contribution in [3.8, 4) is 17.0 Å². The normalized spacial score (nSPS) is 18.3. The van der Waals surface area contributed by atoms with Crippen molar-refractivity contribution in [1.29, 1.82) is 0 Å². The number of allylic oxidation sites excluding steroid dienone is 1. The predicted molar refractivity (Wildman–Crippen MR) is 167 cm³/mol. The summed E-state index contributed by atoms with van der Waals surface area (Å²) in [6.45, 7) is 6.07. The zero-order valence-electron chi connectivity index (χ0n) is 24.6. The number of carbonyl (C=O) groups excluding carboxylic acids is 2. The van der Waals surface area contributed by atoms with E-state index < -0.39 is 10.0 Å². The minimum Gasteiger partial charge on any atom is -0.480 e. The van der Waals surface area contributed by atoms with E-state index >= 15 is 0 Å². The SMILES string of the molecule is COc1ncc(-c2ccc3ncnc(N4CC5CCC(C4)N5C(=O)/C=C/C(C)=O)c3c2)cc1NS(=O)(=O)c1sc(C)nc1C. The van der Waals surface area contributed by atoms with E-state index in [1.807, 2.05) is 23.1 Å². The first kappa shape index (κ1) is 29.6. The Hall–Kier alpha value is -4.43. The molecule has 6 rings (SSSR count). The molecule has 2 unspecified atom stereocenters. The molecule has 0 saturated carbocycles. The lowest BCUT2D eigenvalue weighted by Crippen LogP contribution is -2.55. The first-order valence-corrected chi connectivity index (χ1v) is 16.4. The number of nitrogens with one attached hydrogen (secondary N) is 1. The van der Waals surface area contributed by atoms with E-state index in [0.29, 0.717) is 29.4 Å². The van der Waals surface area contributed by atoms with Crippen molar-refractivity contribution in [2.24, 2.45) is 0 Å². The van der Waals surface area contributed by atoms with E-state index in [1.54, 1.807) is 26.1 Å². The molecule has 2 atom stereocenters. The number of ketones is 1. The van der Waals surface area contributed by atoms with Crippen molar-refractivity contribution in [2.45, 2.75) is 49.9 Å². The second-order valence-corrected chi connectivity index (χ2v) is 14.0. The van der Waals surface area contributed by atoms with Crippen LogP contribution >= 0.6 is 11.3 Å². The predicted octanol–water partition coefficient (Wildman–Crippen LogP) is 3.90. The van der Waals surface area contributed by atoms with Gasteiger partial charge in [-0.05, 0) is 63.5 Å². The summed E-state index contributed by atoms with van der Waals surface area (Å²) in [5, 5.41) is 1.48. The zero-order valence-corrected chi connectivity index (χ0v) is 26.3. The third kappa shape index (κ3) is 5.62. The van der Waals surface area contributed by atoms with Gasteiger partial charge in [0.1, 0.15) is 17.8 Å². The van der Waals surface area contributed by atoms with Gasteiger partial charge in [-0.2, -0.15) is 0 Å². The fraction of sp³-hybridized carbons (Fsp3) is 0.333. The molecule has 14 heteroatoms. The number of hydrogen-bond acceptors (Lipinski definition) is 11. The second kappa shape index (κ2) is 11.6. The highest BCUT2D eigenvalue weighted by molar-refractivity contribution is 7.94. The average Bonchev–Trinajstić information content (AvgIpc) is 3.48. The van der Waals surface area contributed by atoms with Crippen LogP contribution in [0.1, 0.15) is 30.5 Å². The first-order chi connectivity index (χ1) is 21.0. The van der Waals surface area contributed by atoms with Gasteiger partial charge in [0, 0.05) is 48.4 Å². The fourth-order valence-electron chi connectivity index (χ4n) is 5.98. The standard InChI is InChI=1S/C30H31N7O5S2/c1-17(38)5-10-27(39)37-22-7-8-23(37)15-36(14-22)28-24-11-20(6-9-25(24)32-16-33-28)21-12-26(29(42-4)31-13-21)35-44(40,41)30-18(2)34-19(3)43-30/h5-6,9-13,16,22-23,35H,7-8,14-15H2,1-4H3/b10-5+. The number of anilines is 2. The largest absolute Gasteiger partial charge is 0.480 e. The Kier molecular flexibility index (Phi) is 7.80. The summed E-state index contributed by atoms with van der Waals surface area (Å²) in [6.07, 6.45) is 7.61. The van der Waals surface area contributed by atoms with Gasteiger partial charge in [0.15, 0.2) is 9.99 Å². The number of piperazine rings is 1. The maximum Gasteiger partial charge on any atom is 0.273 e. The van der Waals surface area contributed by atoms with Crippen LogP contribution in [0.2, 0.25) is 0 Å². The molecule has 44 heavy (non-hydrogen) atoms. The van der Waals surface area contributed by atoms with Gasteiger partial charge in [-0.25, -0.2) is 28.4 Å². The van der Waals surface area contributed by atoms with E-state index in [4.69, 9.17) is 4.74 Å². The van der Waals surface area contributed by atoms with E-state index in [-0.39, 0.29) is 39.6 Å². The van der Waals surface area contributed by atoms with E-state index in [9.17, 15) is 18.0 Å². The lowest BCUT2D eigenvalue weighted by atomic mass is 10.0. The Morgan fingerprint density at radius 3 is 2.45 bits per heavy atom. The maximum atomic E-state index is 13.2. The fourth-order valence-corrected chi connectivity index (χ4v) is 8.52. The molecule has 4 aromatic rings. The molecule has 2 saturated heterocycles. The Labute approximate surface area is 258 Å². The number of rotatable bonds is 8. The third-order valence-electron chi connectivity index (χ3n) is 7.84. The molecule has 2 bridgehead atoms. The third-order valence-corrected chi connectivity index (χ3v) is 10.9. The highest BCUT2D eigenvalue weighted by atomic mass is 32.2. The number of thiazole rings is 1. The molecule has 2 fully saturated rings. The van der Waals surface area contributed by atoms with Gasteiger partial charge in [-0.15, -0.1) is 11.3 Å². The van der Waals surface area contributed by atoms with E-state index in [0.717, 1.165) is 46.5 Å². The quantitative estimate of drug-likeness (QED) is 0.283. The molecular weight excluding hydrogens is 603 g/mol. The highest BCUT2D eigenvalue weighted by Crippen LogP contribution is 2.37. The number of carbonyl (C=O) groups is 2. The van der Waals surface area contributed by atoms with Crippen LogP contribution in [0.3, 0.4) is 0 Å². The van der Waals surface area contributed by atoms with Crippen LogP contribution in [0.25, 0.3) is 22.0 Å². The summed E-state index contributed by atoms with van der Waals surface area (Å²) in [4.78, 5) is 46.1. The molecule has 0 spiro atoms. The molecule has 12 nitrogen and oxygen atoms in total. The summed E-state index contributed by atoms with van der Waals surface area (Å²) in [6, 6.07) is 7.49. The second-order valence-electron chi connectivity index (χ2n) is 10.9. The van der Waals surface area contributed by atoms with Crippen molar-refractivity contribution in [3.05, 3.63) is 59.6 Å². The number of aromatic nitrogens is 4. The van der Waals surface area contributed by atoms with Gasteiger partial charge in [0.25, 0.3) is 10.0 Å². The number of pyridine rings is 1. The van der Waals surface area contributed by atoms with Gasteiger partial charge in [-0.3, -0.25) is 14.3 Å². The summed E-state index contributed by atoms with van der Waals surface area (Å²) >= 11 is 1.10. The minimum atomic E-state index is -3.92. The number of amides is 1. The number of methoxy groups -OCH3 is 1. The van der Waals surface area contributed by atoms with Crippen molar-refractivity contribution >= 4 is 55.5 Å². The van der Waals surface area contributed by atoms with Crippen molar-refractivity contribution in [3.63, 3.8) is 0 Å². The number of aryl methyl sites for hydroxylation is 2. The highest BCUT2D eigenvalue weighted by Gasteiger charge is 2.42. The van der Waals surface area contributed by atoms with Crippen molar-refractivity contribution < 1.29 is 22.7 Å². The van der Waals surface area contributed by atoms with E-state index in [1.165, 1.54) is 32.5 Å². The van der Waals surface area contributed by atoms with Crippen molar-refractivity contribution in [2.75, 3.05) is 29.8 Å². The monoisotopic (exact) mass is 633 g/mol. The molecule has 0 aliphatic carbocycles. The number of hydrogen-bond donors (Lipinski definition) is 1. The molecule has 1 aromatic carbocycles. The number of nitrogens with zero attached hydrogens (tertiary/aromatic N) is 6. The molecule has 228 valence electrons. The van der Waals surface area contributed by atoms with Gasteiger partial charge < -0.3 is 14.5 Å². The Morgan fingerprint density at radius 1 is 1.05 bits per heavy atom. The molecule has 2 aliphatic heterocycles. The van der Waals surface area contributed by atoms with E-state index in [2.05, 4.69) is 29.6 Å². The Balaban J connectivity index is 1.31. The van der Waals surface area contributed by atoms with Crippen LogP contribution in [0.4, 0.5) is 11.5 Å². The lowest BCUT2D eigenvalue weighted by Gasteiger charge is -2.41. The maximum absolute atomic E-state index is 13.2. The Morgan fingerprint density at radius 2 is 1.80 bits per heavy atom. The molecule has 5 heterocycles. The number of benzene rings is 1. The number of fused-ring (bicyclic) bond motifs is 3. The summed E-state index contributed by atoms with van der Waals surface area (Å²) in [5.41, 5.74) is 2.85. The smallest absolute Gasteiger partial charge is 0.273 e. The summed E-state index contributed by atoms with van der Waals surface area (Å²) < 4.78 is 34.6. The van der Waals surface area contributed by atoms with Crippen LogP contribution in [0.5, 0.6) is 5.88 Å². The van der Waals surface area contributed by atoms with Crippen molar-refractivity contribution in [1.82, 2.24) is 24.8 Å². The van der Waals surface area contributed by atoms with Gasteiger partial charge in [0.05, 0.1) is 23.3 Å². The van der Waals surface area contributed by atoms with Crippen LogP contribution in [-0.4, -0.2) is 77.2 Å². The minimum absolute atomic E-state index is 0.0124. The number of sulfonamides is 1. The summed E-state index contributed by atoms with van der Waals surface area (Å²) in [5.74, 6) is 0.607. The van der Waals surface area contributed by atoms with Crippen LogP contribution in [-0.2, 0) is 19.6 Å².